The van der Waals surface area contributed by atoms with Gasteiger partial charge < -0.3 is 50.3 Å². The Morgan fingerprint density at radius 2 is 0.525 bits per heavy atom. The Balaban J connectivity index is 0.000000400. The predicted octanol–water partition coefficient (Wildman–Crippen LogP) is 4.55. The topological polar surface area (TPSA) is 255 Å². The molecule has 4 saturated heterocycles. The molecule has 8 rings (SSSR count). The van der Waals surface area contributed by atoms with Crippen LogP contribution in [-0.4, -0.2) is 187 Å². The van der Waals surface area contributed by atoms with E-state index in [1.807, 2.05) is 24.3 Å². The SMILES string of the molecule is O.O.[Ni+2].[Ni+2].[O-]c1c(C=NCCN=Cc2cccc(OCCN3CCCCC3)c2[O-])cccc1OCCN1CCCCC1.[O-]c1c(C=NCCN=Cc2cccc(OCCN3CCCCC3)c2[O-])cccc1OCCN1CCCCC1. The Bertz CT molecular complexity index is 2110. The van der Waals surface area contributed by atoms with Crippen LogP contribution in [0.2, 0.25) is 0 Å². The van der Waals surface area contributed by atoms with Crippen LogP contribution in [0.1, 0.15) is 99.3 Å². The molecule has 0 amide bonds. The Morgan fingerprint density at radius 3 is 0.725 bits per heavy atom. The second-order valence-corrected chi connectivity index (χ2v) is 19.8. The van der Waals surface area contributed by atoms with Crippen molar-refractivity contribution in [2.45, 2.75) is 77.0 Å². The Morgan fingerprint density at radius 1 is 0.325 bits per heavy atom. The third-order valence-corrected chi connectivity index (χ3v) is 14.1. The summed E-state index contributed by atoms with van der Waals surface area (Å²) in [5.74, 6) is 0.876. The summed E-state index contributed by atoms with van der Waals surface area (Å²) in [5, 5.41) is 50.7. The summed E-state index contributed by atoms with van der Waals surface area (Å²) in [6, 6.07) is 21.1. The van der Waals surface area contributed by atoms with E-state index in [-0.39, 0.29) is 66.9 Å². The molecular formula is C60H84N8Ni2O10. The van der Waals surface area contributed by atoms with Gasteiger partial charge in [-0.3, -0.25) is 39.6 Å². The molecule has 4 aromatic carbocycles. The van der Waals surface area contributed by atoms with E-state index in [4.69, 9.17) is 18.9 Å². The molecule has 0 aliphatic carbocycles. The summed E-state index contributed by atoms with van der Waals surface area (Å²) >= 11 is 0. The number of likely N-dealkylation sites (tertiary alicyclic amines) is 4. The summed E-state index contributed by atoms with van der Waals surface area (Å²) < 4.78 is 23.1. The first-order valence-corrected chi connectivity index (χ1v) is 28.0. The van der Waals surface area contributed by atoms with Gasteiger partial charge in [0.25, 0.3) is 0 Å². The van der Waals surface area contributed by atoms with Crippen molar-refractivity contribution >= 4 is 24.9 Å². The van der Waals surface area contributed by atoms with Crippen LogP contribution < -0.4 is 39.4 Å². The monoisotopic (exact) mass is 1190 g/mol. The second-order valence-electron chi connectivity index (χ2n) is 19.8. The van der Waals surface area contributed by atoms with E-state index < -0.39 is 0 Å². The largest absolute Gasteiger partial charge is 2.00 e. The molecule has 0 bridgehead atoms. The van der Waals surface area contributed by atoms with Crippen LogP contribution in [0.4, 0.5) is 0 Å². The zero-order chi connectivity index (χ0) is 52.8. The van der Waals surface area contributed by atoms with Crippen LogP contribution >= 0.6 is 0 Å². The fourth-order valence-electron chi connectivity index (χ4n) is 9.75. The zero-order valence-electron chi connectivity index (χ0n) is 46.3. The van der Waals surface area contributed by atoms with Crippen molar-refractivity contribution in [1.82, 2.24) is 19.6 Å². The van der Waals surface area contributed by atoms with E-state index in [9.17, 15) is 20.4 Å². The molecule has 4 N–H and O–H groups in total. The van der Waals surface area contributed by atoms with Crippen molar-refractivity contribution in [2.24, 2.45) is 20.0 Å². The molecule has 4 aromatic rings. The molecule has 4 heterocycles. The van der Waals surface area contributed by atoms with Crippen LogP contribution in [-0.2, 0) is 33.0 Å². The van der Waals surface area contributed by atoms with Gasteiger partial charge in [-0.1, -0.05) is 97.2 Å². The molecule has 20 heteroatoms. The number of hydrogen-bond donors (Lipinski definition) is 0. The molecule has 0 radical (unpaired) electrons. The van der Waals surface area contributed by atoms with E-state index in [1.165, 1.54) is 77.0 Å². The molecule has 4 aliphatic rings. The molecule has 0 saturated carbocycles. The van der Waals surface area contributed by atoms with Crippen molar-refractivity contribution in [3.8, 4) is 46.0 Å². The molecule has 0 unspecified atom stereocenters. The molecule has 18 nitrogen and oxygen atoms in total. The molecule has 4 aliphatic heterocycles. The number of benzene rings is 4. The van der Waals surface area contributed by atoms with Crippen LogP contribution in [0.5, 0.6) is 46.0 Å². The summed E-state index contributed by atoms with van der Waals surface area (Å²) in [5.41, 5.74) is 2.00. The van der Waals surface area contributed by atoms with Crippen molar-refractivity contribution in [1.29, 1.82) is 0 Å². The minimum absolute atomic E-state index is 0. The van der Waals surface area contributed by atoms with Crippen LogP contribution in [0.3, 0.4) is 0 Å². The molecule has 4 fully saturated rings. The van der Waals surface area contributed by atoms with Gasteiger partial charge in [-0.25, -0.2) is 0 Å². The first kappa shape index (κ1) is 69.0. The second kappa shape index (κ2) is 40.0. The fraction of sp³-hybridized carbons (Fsp3) is 0.533. The molecular weight excluding hydrogens is 1110 g/mol. The maximum Gasteiger partial charge on any atom is 2.00 e. The average molecular weight is 1190 g/mol. The third kappa shape index (κ3) is 24.0. The van der Waals surface area contributed by atoms with E-state index in [0.29, 0.717) is 97.9 Å². The van der Waals surface area contributed by atoms with Gasteiger partial charge in [0.05, 0.1) is 26.2 Å². The Labute approximate surface area is 494 Å². The van der Waals surface area contributed by atoms with Gasteiger partial charge >= 0.3 is 33.0 Å². The number of hydrogen-bond acceptors (Lipinski definition) is 16. The number of nitrogens with zero attached hydrogens (tertiary/aromatic N) is 8. The average Bonchev–Trinajstić information content (AvgIpc) is 3.45. The third-order valence-electron chi connectivity index (χ3n) is 14.1. The van der Waals surface area contributed by atoms with Crippen molar-refractivity contribution in [3.05, 3.63) is 95.1 Å². The van der Waals surface area contributed by atoms with Gasteiger partial charge in [0, 0.05) is 51.0 Å². The molecule has 0 atom stereocenters. The van der Waals surface area contributed by atoms with Gasteiger partial charge in [-0.05, 0) is 150 Å². The normalized spacial score (nSPS) is 16.5. The van der Waals surface area contributed by atoms with E-state index in [2.05, 4.69) is 39.6 Å². The molecule has 0 spiro atoms. The van der Waals surface area contributed by atoms with E-state index >= 15 is 0 Å². The maximum absolute atomic E-state index is 12.7. The number of rotatable bonds is 26. The van der Waals surface area contributed by atoms with Crippen molar-refractivity contribution < 1.29 is 83.3 Å². The minimum Gasteiger partial charge on any atom is -0.870 e. The number of aliphatic imine (C=N–C) groups is 4. The fourth-order valence-corrected chi connectivity index (χ4v) is 9.75. The summed E-state index contributed by atoms with van der Waals surface area (Å²) in [6.45, 7) is 15.9. The van der Waals surface area contributed by atoms with Crippen LogP contribution in [0.15, 0.2) is 92.8 Å². The summed E-state index contributed by atoms with van der Waals surface area (Å²) in [6.07, 6.45) is 21.4. The summed E-state index contributed by atoms with van der Waals surface area (Å²) in [7, 11) is 0. The first-order chi connectivity index (χ1) is 37.4. The van der Waals surface area contributed by atoms with Gasteiger partial charge in [-0.2, -0.15) is 0 Å². The number of ether oxygens (including phenoxy) is 4. The van der Waals surface area contributed by atoms with Crippen LogP contribution in [0.25, 0.3) is 0 Å². The van der Waals surface area contributed by atoms with Crippen molar-refractivity contribution in [3.63, 3.8) is 0 Å². The maximum atomic E-state index is 12.7. The van der Waals surface area contributed by atoms with E-state index in [1.54, 1.807) is 73.4 Å². The van der Waals surface area contributed by atoms with Crippen LogP contribution in [0, 0.1) is 0 Å². The van der Waals surface area contributed by atoms with Gasteiger partial charge in [0.15, 0.2) is 0 Å². The smallest absolute Gasteiger partial charge is 0.870 e. The predicted molar refractivity (Wildman–Crippen MR) is 304 cm³/mol. The zero-order valence-corrected chi connectivity index (χ0v) is 48.3. The Hall–Kier alpha value is -5.29. The van der Waals surface area contributed by atoms with Gasteiger partial charge in [0.1, 0.15) is 49.4 Å². The number of para-hydroxylation sites is 4. The minimum atomic E-state index is -0.147. The quantitative estimate of drug-likeness (QED) is 0.0477. The standard InChI is InChI=1S/2C30H42N4O4.2Ni.2H2O/c2*35-29-25(9-7-11-27(29)37-21-19-33-15-3-1-4-16-33)23-31-13-14-32-24-26-10-8-12-28(30(26)36)38-22-20-34-17-5-2-6-18-34;;;;/h2*7-12,23-24,35-36H,1-6,13-22H2;;;2*1H2/q;;2*+2;;/p-4. The van der Waals surface area contributed by atoms with E-state index in [0.717, 1.165) is 78.5 Å². The molecule has 0 aromatic heterocycles. The number of piperidine rings is 4. The molecule has 444 valence electrons. The van der Waals surface area contributed by atoms with Gasteiger partial charge in [-0.15, -0.1) is 0 Å². The first-order valence-electron chi connectivity index (χ1n) is 28.0. The Kier molecular flexibility index (Phi) is 34.5. The molecule has 80 heavy (non-hydrogen) atoms. The summed E-state index contributed by atoms with van der Waals surface area (Å²) in [4.78, 5) is 26.9. The van der Waals surface area contributed by atoms with Gasteiger partial charge in [0.2, 0.25) is 0 Å². The van der Waals surface area contributed by atoms with Crippen molar-refractivity contribution in [2.75, 3.05) is 131 Å².